The van der Waals surface area contributed by atoms with Crippen LogP contribution in [0.1, 0.15) is 5.56 Å². The van der Waals surface area contributed by atoms with Gasteiger partial charge in [-0.25, -0.2) is 0 Å². The van der Waals surface area contributed by atoms with Crippen molar-refractivity contribution in [2.24, 2.45) is 0 Å². The van der Waals surface area contributed by atoms with Crippen LogP contribution in [0.25, 0.3) is 10.9 Å². The van der Waals surface area contributed by atoms with Crippen molar-refractivity contribution in [3.05, 3.63) is 41.0 Å². The number of rotatable bonds is 7. The molecule has 0 aliphatic heterocycles. The second kappa shape index (κ2) is 8.83. The molecule has 28 heavy (non-hydrogen) atoms. The number of nitrogens with one attached hydrogen (secondary N) is 1. The fourth-order valence-electron chi connectivity index (χ4n) is 2.58. The summed E-state index contributed by atoms with van der Waals surface area (Å²) in [5.41, 5.74) is 1.42. The van der Waals surface area contributed by atoms with E-state index in [-0.39, 0.29) is 0 Å². The average molecular weight is 419 g/mol. The van der Waals surface area contributed by atoms with Gasteiger partial charge in [-0.2, -0.15) is 10.2 Å². The van der Waals surface area contributed by atoms with Crippen molar-refractivity contribution in [3.63, 3.8) is 0 Å². The van der Waals surface area contributed by atoms with Gasteiger partial charge >= 0.3 is 0 Å². The summed E-state index contributed by atoms with van der Waals surface area (Å²) in [5.74, 6) is 2.08. The van der Waals surface area contributed by atoms with E-state index in [1.807, 2.05) is 0 Å². The van der Waals surface area contributed by atoms with Crippen molar-refractivity contribution in [2.75, 3.05) is 32.0 Å². The second-order valence-electron chi connectivity index (χ2n) is 5.53. The van der Waals surface area contributed by atoms with Crippen LogP contribution in [-0.4, -0.2) is 36.7 Å². The molecule has 9 heteroatoms. The number of aromatic nitrogens is 2. The molecule has 0 spiro atoms. The minimum absolute atomic E-state index is 0.324. The molecule has 7 nitrogen and oxygen atoms in total. The molecule has 0 bridgehead atoms. The number of hydrogen-bond donors (Lipinski definition) is 1. The quantitative estimate of drug-likeness (QED) is 0.563. The molecule has 0 atom stereocenters. The minimum Gasteiger partial charge on any atom is -0.493 e. The molecule has 1 N–H and O–H groups in total. The summed E-state index contributed by atoms with van der Waals surface area (Å²) in [6, 6.07) is 8.90. The summed E-state index contributed by atoms with van der Waals surface area (Å²) < 4.78 is 16.2. The van der Waals surface area contributed by atoms with Crippen molar-refractivity contribution in [1.29, 1.82) is 5.26 Å². The zero-order valence-corrected chi connectivity index (χ0v) is 16.6. The number of halogens is 2. The van der Waals surface area contributed by atoms with E-state index < -0.39 is 0 Å². The van der Waals surface area contributed by atoms with E-state index in [1.165, 1.54) is 20.4 Å². The normalized spacial score (nSPS) is 10.4. The molecule has 0 fully saturated rings. The van der Waals surface area contributed by atoms with E-state index in [4.69, 9.17) is 37.4 Å². The van der Waals surface area contributed by atoms with E-state index >= 15 is 0 Å². The highest BCUT2D eigenvalue weighted by molar-refractivity contribution is 6.33. The van der Waals surface area contributed by atoms with Crippen molar-refractivity contribution >= 4 is 45.6 Å². The molecular formula is C19H16Cl2N4O3. The van der Waals surface area contributed by atoms with Crippen LogP contribution in [0.15, 0.2) is 30.5 Å². The van der Waals surface area contributed by atoms with Gasteiger partial charge in [0.1, 0.15) is 12.7 Å². The summed E-state index contributed by atoms with van der Waals surface area (Å²) in [5, 5.41) is 13.7. The van der Waals surface area contributed by atoms with Gasteiger partial charge in [-0.3, -0.25) is 4.98 Å². The number of ether oxygens (including phenoxy) is 3. The van der Waals surface area contributed by atoms with Gasteiger partial charge in [0.05, 0.1) is 41.9 Å². The van der Waals surface area contributed by atoms with Crippen LogP contribution in [0.2, 0.25) is 5.02 Å². The first-order chi connectivity index (χ1) is 13.6. The number of hydrogen-bond acceptors (Lipinski definition) is 7. The average Bonchev–Trinajstić information content (AvgIpc) is 2.73. The van der Waals surface area contributed by atoms with Crippen LogP contribution in [-0.2, 0) is 0 Å². The van der Waals surface area contributed by atoms with Gasteiger partial charge in [-0.05, 0) is 12.1 Å². The third kappa shape index (κ3) is 3.98. The zero-order valence-electron chi connectivity index (χ0n) is 15.1. The maximum Gasteiger partial charge on any atom is 0.214 e. The Bertz CT molecular complexity index is 1050. The Morgan fingerprint density at radius 1 is 1.18 bits per heavy atom. The lowest BCUT2D eigenvalue weighted by molar-refractivity contribution is 0.313. The Balaban J connectivity index is 2.16. The van der Waals surface area contributed by atoms with Gasteiger partial charge < -0.3 is 19.5 Å². The third-order valence-electron chi connectivity index (χ3n) is 3.88. The largest absolute Gasteiger partial charge is 0.493 e. The highest BCUT2D eigenvalue weighted by Gasteiger charge is 2.16. The lowest BCUT2D eigenvalue weighted by atomic mass is 10.1. The molecule has 144 valence electrons. The Labute approximate surface area is 171 Å². The molecule has 3 rings (SSSR count). The van der Waals surface area contributed by atoms with Crippen molar-refractivity contribution in [2.45, 2.75) is 0 Å². The first-order valence-corrected chi connectivity index (χ1v) is 9.09. The summed E-state index contributed by atoms with van der Waals surface area (Å²) in [6.45, 7) is 0.328. The van der Waals surface area contributed by atoms with Gasteiger partial charge in [0, 0.05) is 23.7 Å². The van der Waals surface area contributed by atoms with E-state index in [0.717, 1.165) is 0 Å². The van der Waals surface area contributed by atoms with E-state index in [2.05, 4.69) is 21.4 Å². The summed E-state index contributed by atoms with van der Waals surface area (Å²) >= 11 is 12.0. The zero-order chi connectivity index (χ0) is 20.1. The maximum absolute atomic E-state index is 9.54. The first-order valence-electron chi connectivity index (χ1n) is 8.18. The van der Waals surface area contributed by atoms with Crippen LogP contribution < -0.4 is 19.5 Å². The molecule has 2 heterocycles. The van der Waals surface area contributed by atoms with E-state index in [1.54, 1.807) is 24.3 Å². The van der Waals surface area contributed by atoms with Gasteiger partial charge in [-0.15, -0.1) is 11.6 Å². The summed E-state index contributed by atoms with van der Waals surface area (Å²) in [6.07, 6.45) is 1.47. The molecule has 0 aliphatic carbocycles. The molecule has 0 radical (unpaired) electrons. The Kier molecular flexibility index (Phi) is 6.24. The van der Waals surface area contributed by atoms with Crippen LogP contribution in [0.4, 0.5) is 11.5 Å². The van der Waals surface area contributed by atoms with Gasteiger partial charge in [0.2, 0.25) is 5.88 Å². The van der Waals surface area contributed by atoms with Gasteiger partial charge in [0.15, 0.2) is 17.3 Å². The molecule has 0 saturated carbocycles. The Morgan fingerprint density at radius 3 is 2.68 bits per heavy atom. The monoisotopic (exact) mass is 418 g/mol. The third-order valence-corrected chi connectivity index (χ3v) is 4.34. The van der Waals surface area contributed by atoms with E-state index in [9.17, 15) is 5.26 Å². The number of fused-ring (bicyclic) bond motifs is 1. The topological polar surface area (TPSA) is 89.3 Å². The highest BCUT2D eigenvalue weighted by Crippen LogP contribution is 2.38. The Hall–Kier alpha value is -2.95. The number of nitriles is 1. The Morgan fingerprint density at radius 2 is 2.00 bits per heavy atom. The van der Waals surface area contributed by atoms with Crippen LogP contribution in [0.3, 0.4) is 0 Å². The maximum atomic E-state index is 9.54. The van der Waals surface area contributed by atoms with Gasteiger partial charge in [-0.1, -0.05) is 11.6 Å². The summed E-state index contributed by atoms with van der Waals surface area (Å²) in [4.78, 5) is 8.65. The molecular weight excluding hydrogens is 403 g/mol. The molecule has 2 aromatic heterocycles. The van der Waals surface area contributed by atoms with Crippen LogP contribution >= 0.6 is 23.2 Å². The smallest absolute Gasteiger partial charge is 0.214 e. The number of alkyl halides is 1. The first kappa shape index (κ1) is 19.8. The number of anilines is 2. The van der Waals surface area contributed by atoms with Crippen LogP contribution in [0.5, 0.6) is 17.4 Å². The minimum atomic E-state index is 0.324. The molecule has 1 aromatic carbocycles. The SMILES string of the molecule is COc1ccc(Cl)c(Nc2c(C#N)cnc3cc(OCCCl)c(OC)cc23)n1. The highest BCUT2D eigenvalue weighted by atomic mass is 35.5. The lowest BCUT2D eigenvalue weighted by Gasteiger charge is -2.15. The molecule has 0 amide bonds. The fraction of sp³-hybridized carbons (Fsp3) is 0.211. The molecule has 0 unspecified atom stereocenters. The van der Waals surface area contributed by atoms with Crippen LogP contribution in [0, 0.1) is 11.3 Å². The van der Waals surface area contributed by atoms with Crippen molar-refractivity contribution in [3.8, 4) is 23.4 Å². The van der Waals surface area contributed by atoms with Crippen molar-refractivity contribution in [1.82, 2.24) is 9.97 Å². The molecule has 3 aromatic rings. The number of nitrogens with zero attached hydrogens (tertiary/aromatic N) is 3. The fourth-order valence-corrected chi connectivity index (χ4v) is 2.81. The predicted octanol–water partition coefficient (Wildman–Crippen LogP) is 4.53. The lowest BCUT2D eigenvalue weighted by Crippen LogP contribution is -2.03. The molecule has 0 saturated heterocycles. The number of pyridine rings is 2. The summed E-state index contributed by atoms with van der Waals surface area (Å²) in [7, 11) is 3.04. The second-order valence-corrected chi connectivity index (χ2v) is 6.31. The van der Waals surface area contributed by atoms with E-state index in [0.29, 0.717) is 62.9 Å². The van der Waals surface area contributed by atoms with Crippen molar-refractivity contribution < 1.29 is 14.2 Å². The number of benzene rings is 1. The number of methoxy groups -OCH3 is 2. The predicted molar refractivity (Wildman–Crippen MR) is 108 cm³/mol. The standard InChI is InChI=1S/C19H16Cl2N4O3/c1-26-15-7-12-14(8-16(15)28-6-5-20)23-10-11(9-22)18(12)25-19-13(21)3-4-17(24-19)27-2/h3-4,7-8,10H,5-6H2,1-2H3,(H,23,24,25). The molecule has 0 aliphatic rings. The van der Waals surface area contributed by atoms with Gasteiger partial charge in [0.25, 0.3) is 0 Å².